The predicted molar refractivity (Wildman–Crippen MR) is 87.3 cm³/mol. The first kappa shape index (κ1) is 14.3. The highest BCUT2D eigenvalue weighted by Gasteiger charge is 2.11. The van der Waals surface area contributed by atoms with Gasteiger partial charge in [-0.05, 0) is 24.1 Å². The van der Waals surface area contributed by atoms with Gasteiger partial charge in [-0.2, -0.15) is 0 Å². The van der Waals surface area contributed by atoms with Crippen molar-refractivity contribution in [3.05, 3.63) is 42.2 Å². The highest BCUT2D eigenvalue weighted by molar-refractivity contribution is 6.10. The number of nitrogens with zero attached hydrogens (tertiary/aromatic N) is 2. The van der Waals surface area contributed by atoms with Crippen molar-refractivity contribution in [1.82, 2.24) is 9.97 Å². The van der Waals surface area contributed by atoms with Crippen LogP contribution in [0.5, 0.6) is 0 Å². The lowest BCUT2D eigenvalue weighted by Gasteiger charge is -2.13. The quantitative estimate of drug-likeness (QED) is 0.720. The summed E-state index contributed by atoms with van der Waals surface area (Å²) < 4.78 is 0. The summed E-state index contributed by atoms with van der Waals surface area (Å²) in [5.41, 5.74) is 0.893. The number of fused-ring (bicyclic) bond motifs is 3. The molecule has 0 saturated carbocycles. The first-order chi connectivity index (χ1) is 10.6. The Morgan fingerprint density at radius 3 is 2.77 bits per heavy atom. The van der Waals surface area contributed by atoms with E-state index in [-0.39, 0.29) is 5.56 Å². The number of benzene rings is 1. The zero-order valence-electron chi connectivity index (χ0n) is 12.5. The molecule has 0 spiro atoms. The molecule has 0 radical (unpaired) electrons. The van der Waals surface area contributed by atoms with Crippen LogP contribution in [0.3, 0.4) is 0 Å². The summed E-state index contributed by atoms with van der Waals surface area (Å²) in [6, 6.07) is 6.92. The van der Waals surface area contributed by atoms with Gasteiger partial charge >= 0.3 is 5.97 Å². The molecule has 0 saturated heterocycles. The molecule has 0 unspecified atom stereocenters. The normalized spacial score (nSPS) is 11.2. The molecular weight excluding hydrogens is 278 g/mol. The van der Waals surface area contributed by atoms with Gasteiger partial charge < -0.3 is 10.4 Å². The standard InChI is InChI=1S/C17H17N3O2/c1-10(2)8-19-16-13-5-6-18-9-14(13)12-4-3-11(17(21)22)7-15(12)20-16/h3-7,9-10H,8H2,1-2H3,(H,19,20)(H,21,22). The molecule has 2 aromatic heterocycles. The van der Waals surface area contributed by atoms with E-state index >= 15 is 0 Å². The molecule has 5 heteroatoms. The Kier molecular flexibility index (Phi) is 3.63. The number of aromatic nitrogens is 2. The summed E-state index contributed by atoms with van der Waals surface area (Å²) in [7, 11) is 0. The van der Waals surface area contributed by atoms with Crippen molar-refractivity contribution in [2.75, 3.05) is 11.9 Å². The Morgan fingerprint density at radius 1 is 1.23 bits per heavy atom. The molecule has 22 heavy (non-hydrogen) atoms. The molecule has 0 fully saturated rings. The van der Waals surface area contributed by atoms with Crippen LogP contribution in [0.4, 0.5) is 5.82 Å². The molecule has 1 aromatic carbocycles. The summed E-state index contributed by atoms with van der Waals surface area (Å²) in [5.74, 6) is 0.299. The van der Waals surface area contributed by atoms with Crippen LogP contribution < -0.4 is 5.32 Å². The number of hydrogen-bond acceptors (Lipinski definition) is 4. The molecular formula is C17H17N3O2. The molecule has 0 aliphatic heterocycles. The van der Waals surface area contributed by atoms with Crippen molar-refractivity contribution in [3.63, 3.8) is 0 Å². The minimum absolute atomic E-state index is 0.234. The van der Waals surface area contributed by atoms with E-state index in [1.807, 2.05) is 6.07 Å². The zero-order valence-corrected chi connectivity index (χ0v) is 12.5. The van der Waals surface area contributed by atoms with Crippen LogP contribution in [0.2, 0.25) is 0 Å². The third-order valence-electron chi connectivity index (χ3n) is 3.52. The number of carboxylic acid groups (broad SMARTS) is 1. The summed E-state index contributed by atoms with van der Waals surface area (Å²) in [6.07, 6.45) is 3.53. The average molecular weight is 295 g/mol. The fourth-order valence-corrected chi connectivity index (χ4v) is 2.42. The van der Waals surface area contributed by atoms with Gasteiger partial charge in [0.25, 0.3) is 0 Å². The van der Waals surface area contributed by atoms with Gasteiger partial charge in [0.05, 0.1) is 11.1 Å². The number of pyridine rings is 2. The third-order valence-corrected chi connectivity index (χ3v) is 3.52. The van der Waals surface area contributed by atoms with Gasteiger partial charge in [-0.25, -0.2) is 9.78 Å². The second kappa shape index (κ2) is 5.60. The molecule has 0 aliphatic rings. The lowest BCUT2D eigenvalue weighted by molar-refractivity contribution is 0.0697. The summed E-state index contributed by atoms with van der Waals surface area (Å²) in [4.78, 5) is 20.0. The minimum Gasteiger partial charge on any atom is -0.478 e. The van der Waals surface area contributed by atoms with Crippen LogP contribution in [0.25, 0.3) is 21.7 Å². The van der Waals surface area contributed by atoms with Crippen molar-refractivity contribution < 1.29 is 9.90 Å². The Bertz CT molecular complexity index is 859. The maximum atomic E-state index is 11.2. The molecule has 2 heterocycles. The zero-order chi connectivity index (χ0) is 15.7. The SMILES string of the molecule is CC(C)CNc1nc2cc(C(=O)O)ccc2c2cnccc12. The molecule has 0 bridgehead atoms. The number of rotatable bonds is 4. The maximum Gasteiger partial charge on any atom is 0.335 e. The molecule has 5 nitrogen and oxygen atoms in total. The average Bonchev–Trinajstić information content (AvgIpc) is 2.51. The number of carbonyl (C=O) groups is 1. The fourth-order valence-electron chi connectivity index (χ4n) is 2.42. The number of hydrogen-bond donors (Lipinski definition) is 2. The van der Waals surface area contributed by atoms with Crippen LogP contribution in [-0.2, 0) is 0 Å². The lowest BCUT2D eigenvalue weighted by atomic mass is 10.1. The van der Waals surface area contributed by atoms with Gasteiger partial charge in [0.2, 0.25) is 0 Å². The monoisotopic (exact) mass is 295 g/mol. The summed E-state index contributed by atoms with van der Waals surface area (Å²) >= 11 is 0. The van der Waals surface area contributed by atoms with Crippen molar-refractivity contribution in [2.24, 2.45) is 5.92 Å². The third kappa shape index (κ3) is 2.57. The molecule has 0 aliphatic carbocycles. The van der Waals surface area contributed by atoms with E-state index in [4.69, 9.17) is 5.11 Å². The van der Waals surface area contributed by atoms with E-state index in [0.29, 0.717) is 11.4 Å². The number of carboxylic acids is 1. The van der Waals surface area contributed by atoms with Gasteiger partial charge in [-0.15, -0.1) is 0 Å². The largest absolute Gasteiger partial charge is 0.478 e. The highest BCUT2D eigenvalue weighted by atomic mass is 16.4. The Morgan fingerprint density at radius 2 is 2.05 bits per heavy atom. The van der Waals surface area contributed by atoms with Gasteiger partial charge in [-0.1, -0.05) is 19.9 Å². The maximum absolute atomic E-state index is 11.2. The Balaban J connectivity index is 2.24. The van der Waals surface area contributed by atoms with Gasteiger partial charge in [-0.3, -0.25) is 4.98 Å². The van der Waals surface area contributed by atoms with E-state index in [1.165, 1.54) is 0 Å². The van der Waals surface area contributed by atoms with Crippen LogP contribution in [0.15, 0.2) is 36.7 Å². The van der Waals surface area contributed by atoms with Crippen LogP contribution in [0.1, 0.15) is 24.2 Å². The minimum atomic E-state index is -0.952. The molecule has 3 aromatic rings. The molecule has 3 rings (SSSR count). The Hall–Kier alpha value is -2.69. The van der Waals surface area contributed by atoms with Crippen molar-refractivity contribution >= 4 is 33.5 Å². The van der Waals surface area contributed by atoms with Crippen LogP contribution in [-0.4, -0.2) is 27.6 Å². The van der Waals surface area contributed by atoms with Crippen LogP contribution in [0, 0.1) is 5.92 Å². The molecule has 0 atom stereocenters. The van der Waals surface area contributed by atoms with Gasteiger partial charge in [0.1, 0.15) is 5.82 Å². The smallest absolute Gasteiger partial charge is 0.335 e. The summed E-state index contributed by atoms with van der Waals surface area (Å²) in [5, 5.41) is 15.4. The van der Waals surface area contributed by atoms with Gasteiger partial charge in [0, 0.05) is 35.1 Å². The van der Waals surface area contributed by atoms with E-state index in [1.54, 1.807) is 30.6 Å². The predicted octanol–water partition coefficient (Wildman–Crippen LogP) is 3.55. The molecule has 112 valence electrons. The number of anilines is 1. The van der Waals surface area contributed by atoms with E-state index < -0.39 is 5.97 Å². The first-order valence-corrected chi connectivity index (χ1v) is 7.21. The highest BCUT2D eigenvalue weighted by Crippen LogP contribution is 2.29. The van der Waals surface area contributed by atoms with Crippen molar-refractivity contribution in [3.8, 4) is 0 Å². The second-order valence-corrected chi connectivity index (χ2v) is 5.69. The lowest BCUT2D eigenvalue weighted by Crippen LogP contribution is -2.10. The second-order valence-electron chi connectivity index (χ2n) is 5.69. The molecule has 0 amide bonds. The first-order valence-electron chi connectivity index (χ1n) is 7.21. The van der Waals surface area contributed by atoms with E-state index in [9.17, 15) is 4.79 Å². The van der Waals surface area contributed by atoms with Crippen molar-refractivity contribution in [2.45, 2.75) is 13.8 Å². The van der Waals surface area contributed by atoms with Gasteiger partial charge in [0.15, 0.2) is 0 Å². The van der Waals surface area contributed by atoms with E-state index in [0.717, 1.165) is 28.5 Å². The summed E-state index contributed by atoms with van der Waals surface area (Å²) in [6.45, 7) is 5.05. The number of aromatic carboxylic acids is 1. The molecule has 2 N–H and O–H groups in total. The van der Waals surface area contributed by atoms with E-state index in [2.05, 4.69) is 29.1 Å². The van der Waals surface area contributed by atoms with Crippen molar-refractivity contribution in [1.29, 1.82) is 0 Å². The Labute approximate surface area is 128 Å². The topological polar surface area (TPSA) is 75.1 Å². The fraction of sp³-hybridized carbons (Fsp3) is 0.235. The number of nitrogens with one attached hydrogen (secondary N) is 1. The van der Waals surface area contributed by atoms with Crippen LogP contribution >= 0.6 is 0 Å².